The van der Waals surface area contributed by atoms with E-state index in [1.54, 1.807) is 13.3 Å². The minimum Gasteiger partial charge on any atom is -0.496 e. The van der Waals surface area contributed by atoms with Gasteiger partial charge in [-0.1, -0.05) is 6.07 Å². The van der Waals surface area contributed by atoms with Crippen molar-refractivity contribution in [2.24, 2.45) is 0 Å². The molecule has 1 aromatic heterocycles. The Balaban J connectivity index is 1.80. The van der Waals surface area contributed by atoms with Gasteiger partial charge in [0, 0.05) is 24.5 Å². The van der Waals surface area contributed by atoms with Gasteiger partial charge in [-0.05, 0) is 43.3 Å². The quantitative estimate of drug-likeness (QED) is 0.822. The lowest BCUT2D eigenvalue weighted by atomic mass is 10.1. The third kappa shape index (κ3) is 2.79. The van der Waals surface area contributed by atoms with E-state index in [4.69, 9.17) is 4.74 Å². The lowest BCUT2D eigenvalue weighted by molar-refractivity contribution is 0.172. The average molecular weight is 257 g/mol. The fourth-order valence-corrected chi connectivity index (χ4v) is 2.42. The van der Waals surface area contributed by atoms with E-state index < -0.39 is 0 Å². The first-order valence-electron chi connectivity index (χ1n) is 6.71. The number of hydrogen-bond donors (Lipinski definition) is 0. The third-order valence-corrected chi connectivity index (χ3v) is 3.59. The zero-order valence-corrected chi connectivity index (χ0v) is 11.2. The topological polar surface area (TPSA) is 30.3 Å². The predicted octanol–water partition coefficient (Wildman–Crippen LogP) is 2.15. The van der Waals surface area contributed by atoms with Crippen LogP contribution in [0.4, 0.5) is 0 Å². The van der Waals surface area contributed by atoms with Crippen molar-refractivity contribution in [3.05, 3.63) is 47.8 Å². The van der Waals surface area contributed by atoms with E-state index in [-0.39, 0.29) is 0 Å². The van der Waals surface area contributed by atoms with Gasteiger partial charge in [-0.3, -0.25) is 9.58 Å². The number of ether oxygens (including phenoxy) is 1. The summed E-state index contributed by atoms with van der Waals surface area (Å²) in [5.74, 6) is 0.933. The summed E-state index contributed by atoms with van der Waals surface area (Å²) >= 11 is 0. The number of benzene rings is 1. The summed E-state index contributed by atoms with van der Waals surface area (Å²) in [5.41, 5.74) is 2.53. The molecule has 1 fully saturated rings. The maximum atomic E-state index is 5.44. The van der Waals surface area contributed by atoms with E-state index in [1.165, 1.54) is 30.6 Å². The van der Waals surface area contributed by atoms with E-state index in [2.05, 4.69) is 28.2 Å². The number of aromatic nitrogens is 2. The molecule has 4 nitrogen and oxygen atoms in total. The van der Waals surface area contributed by atoms with Gasteiger partial charge in [0.1, 0.15) is 5.75 Å². The Kier molecular flexibility index (Phi) is 3.51. The fraction of sp³-hybridized carbons (Fsp3) is 0.400. The van der Waals surface area contributed by atoms with E-state index in [0.717, 1.165) is 18.8 Å². The summed E-state index contributed by atoms with van der Waals surface area (Å²) in [4.78, 5) is 2.46. The molecule has 2 aromatic rings. The second kappa shape index (κ2) is 5.45. The number of likely N-dealkylation sites (tertiary alicyclic amines) is 1. The molecule has 0 amide bonds. The van der Waals surface area contributed by atoms with Crippen LogP contribution in [0.2, 0.25) is 0 Å². The van der Waals surface area contributed by atoms with E-state index in [1.807, 2.05) is 16.9 Å². The summed E-state index contributed by atoms with van der Waals surface area (Å²) < 4.78 is 7.36. The predicted molar refractivity (Wildman–Crippen MR) is 74.2 cm³/mol. The molecule has 0 saturated carbocycles. The molecule has 1 saturated heterocycles. The molecule has 0 radical (unpaired) electrons. The van der Waals surface area contributed by atoms with Crippen molar-refractivity contribution < 1.29 is 4.74 Å². The van der Waals surface area contributed by atoms with Crippen LogP contribution in [-0.2, 0) is 13.1 Å². The first-order chi connectivity index (χ1) is 9.35. The Labute approximate surface area is 113 Å². The summed E-state index contributed by atoms with van der Waals surface area (Å²) in [6.07, 6.45) is 5.11. The molecule has 0 N–H and O–H groups in total. The number of methoxy groups -OCH3 is 1. The van der Waals surface area contributed by atoms with Crippen molar-refractivity contribution in [1.29, 1.82) is 0 Å². The number of hydrogen-bond acceptors (Lipinski definition) is 3. The lowest BCUT2D eigenvalue weighted by Gasteiger charge is -2.30. The molecule has 0 spiro atoms. The molecule has 1 aliphatic rings. The van der Waals surface area contributed by atoms with Crippen molar-refractivity contribution in [3.63, 3.8) is 0 Å². The zero-order chi connectivity index (χ0) is 13.1. The number of nitrogens with zero attached hydrogens (tertiary/aromatic N) is 3. The fourth-order valence-electron chi connectivity index (χ4n) is 2.42. The highest BCUT2D eigenvalue weighted by Gasteiger charge is 2.14. The largest absolute Gasteiger partial charge is 0.496 e. The smallest absolute Gasteiger partial charge is 0.123 e. The Bertz CT molecular complexity index is 532. The molecule has 1 aromatic carbocycles. The molecule has 0 aliphatic carbocycles. The van der Waals surface area contributed by atoms with Crippen molar-refractivity contribution in [2.45, 2.75) is 19.5 Å². The molecule has 19 heavy (non-hydrogen) atoms. The highest BCUT2D eigenvalue weighted by atomic mass is 16.5. The Hall–Kier alpha value is -1.81. The molecule has 2 heterocycles. The summed E-state index contributed by atoms with van der Waals surface area (Å²) in [7, 11) is 1.72. The average Bonchev–Trinajstić information content (AvgIpc) is 2.87. The maximum absolute atomic E-state index is 5.44. The normalized spacial score (nSPS) is 15.2. The molecular formula is C15H19N3O. The lowest BCUT2D eigenvalue weighted by Crippen LogP contribution is -2.36. The van der Waals surface area contributed by atoms with Gasteiger partial charge in [0.15, 0.2) is 0 Å². The van der Waals surface area contributed by atoms with Crippen LogP contribution in [0.5, 0.6) is 5.75 Å². The minimum atomic E-state index is 0.754. The SMILES string of the molecule is COc1ccc(CN2CCC2)cc1Cn1cccn1. The zero-order valence-electron chi connectivity index (χ0n) is 11.2. The van der Waals surface area contributed by atoms with Crippen LogP contribution in [0.1, 0.15) is 17.5 Å². The van der Waals surface area contributed by atoms with Crippen molar-refractivity contribution in [1.82, 2.24) is 14.7 Å². The summed E-state index contributed by atoms with van der Waals surface area (Å²) in [6, 6.07) is 8.40. The second-order valence-electron chi connectivity index (χ2n) is 4.98. The Morgan fingerprint density at radius 1 is 1.26 bits per heavy atom. The molecule has 100 valence electrons. The van der Waals surface area contributed by atoms with Crippen LogP contribution in [-0.4, -0.2) is 34.9 Å². The van der Waals surface area contributed by atoms with Gasteiger partial charge in [0.25, 0.3) is 0 Å². The van der Waals surface area contributed by atoms with Gasteiger partial charge in [0.2, 0.25) is 0 Å². The molecule has 0 bridgehead atoms. The second-order valence-corrected chi connectivity index (χ2v) is 4.98. The molecule has 1 aliphatic heterocycles. The minimum absolute atomic E-state index is 0.754. The summed E-state index contributed by atoms with van der Waals surface area (Å²) in [5, 5.41) is 4.26. The van der Waals surface area contributed by atoms with Crippen LogP contribution >= 0.6 is 0 Å². The van der Waals surface area contributed by atoms with Crippen LogP contribution in [0.3, 0.4) is 0 Å². The van der Waals surface area contributed by atoms with Crippen LogP contribution < -0.4 is 4.74 Å². The van der Waals surface area contributed by atoms with Crippen LogP contribution in [0.15, 0.2) is 36.7 Å². The Morgan fingerprint density at radius 2 is 2.16 bits per heavy atom. The summed E-state index contributed by atoms with van der Waals surface area (Å²) in [6.45, 7) is 4.24. The first-order valence-corrected chi connectivity index (χ1v) is 6.71. The van der Waals surface area contributed by atoms with Gasteiger partial charge < -0.3 is 4.74 Å². The van der Waals surface area contributed by atoms with E-state index in [9.17, 15) is 0 Å². The van der Waals surface area contributed by atoms with Crippen molar-refractivity contribution >= 4 is 0 Å². The molecule has 4 heteroatoms. The molecule has 0 atom stereocenters. The van der Waals surface area contributed by atoms with Gasteiger partial charge >= 0.3 is 0 Å². The van der Waals surface area contributed by atoms with E-state index >= 15 is 0 Å². The van der Waals surface area contributed by atoms with Crippen LogP contribution in [0.25, 0.3) is 0 Å². The van der Waals surface area contributed by atoms with Gasteiger partial charge in [-0.25, -0.2) is 0 Å². The van der Waals surface area contributed by atoms with Crippen molar-refractivity contribution in [2.75, 3.05) is 20.2 Å². The maximum Gasteiger partial charge on any atom is 0.123 e. The Morgan fingerprint density at radius 3 is 2.79 bits per heavy atom. The van der Waals surface area contributed by atoms with Crippen LogP contribution in [0, 0.1) is 0 Å². The van der Waals surface area contributed by atoms with Gasteiger partial charge in [-0.2, -0.15) is 5.10 Å². The van der Waals surface area contributed by atoms with E-state index in [0.29, 0.717) is 0 Å². The standard InChI is InChI=1S/C15H19N3O/c1-19-15-5-4-13(11-17-7-3-8-17)10-14(15)12-18-9-2-6-16-18/h2,4-6,9-10H,3,7-8,11-12H2,1H3. The highest BCUT2D eigenvalue weighted by Crippen LogP contribution is 2.22. The monoisotopic (exact) mass is 257 g/mol. The van der Waals surface area contributed by atoms with Gasteiger partial charge in [0.05, 0.1) is 13.7 Å². The molecule has 3 rings (SSSR count). The molecular weight excluding hydrogens is 238 g/mol. The van der Waals surface area contributed by atoms with Crippen molar-refractivity contribution in [3.8, 4) is 5.75 Å². The number of rotatable bonds is 5. The first kappa shape index (κ1) is 12.2. The highest BCUT2D eigenvalue weighted by molar-refractivity contribution is 5.37. The third-order valence-electron chi connectivity index (χ3n) is 3.59. The van der Waals surface area contributed by atoms with Gasteiger partial charge in [-0.15, -0.1) is 0 Å². The molecule has 0 unspecified atom stereocenters.